The van der Waals surface area contributed by atoms with E-state index in [0.29, 0.717) is 42.7 Å². The second-order valence-electron chi connectivity index (χ2n) is 5.98. The van der Waals surface area contributed by atoms with E-state index in [1.165, 1.54) is 12.1 Å². The molecular formula is C18H18ClN3O4. The zero-order valence-corrected chi connectivity index (χ0v) is 15.0. The number of morpholine rings is 1. The molecule has 0 bridgehead atoms. The first-order valence-corrected chi connectivity index (χ1v) is 8.52. The van der Waals surface area contributed by atoms with Gasteiger partial charge in [-0.1, -0.05) is 17.7 Å². The van der Waals surface area contributed by atoms with Gasteiger partial charge in [0.2, 0.25) is 0 Å². The van der Waals surface area contributed by atoms with Gasteiger partial charge in [-0.05, 0) is 30.7 Å². The summed E-state index contributed by atoms with van der Waals surface area (Å²) in [5.74, 6) is -0.421. The number of amides is 1. The van der Waals surface area contributed by atoms with Crippen LogP contribution in [0.15, 0.2) is 36.4 Å². The minimum atomic E-state index is -0.511. The van der Waals surface area contributed by atoms with Crippen LogP contribution in [0.4, 0.5) is 17.1 Å². The van der Waals surface area contributed by atoms with Crippen LogP contribution in [-0.4, -0.2) is 37.1 Å². The van der Waals surface area contributed by atoms with Crippen molar-refractivity contribution in [3.63, 3.8) is 0 Å². The van der Waals surface area contributed by atoms with Crippen molar-refractivity contribution in [3.8, 4) is 0 Å². The summed E-state index contributed by atoms with van der Waals surface area (Å²) in [5, 5.41) is 14.4. The lowest BCUT2D eigenvalue weighted by molar-refractivity contribution is -0.384. The SMILES string of the molecule is Cc1ccc(NC(=O)c2cc([N+](=O)[O-])ccc2N2CCOCC2)cc1Cl. The van der Waals surface area contributed by atoms with Crippen molar-refractivity contribution in [2.75, 3.05) is 36.5 Å². The number of rotatable bonds is 4. The number of nitro groups is 1. The normalized spacial score (nSPS) is 14.2. The van der Waals surface area contributed by atoms with Gasteiger partial charge in [0.25, 0.3) is 11.6 Å². The van der Waals surface area contributed by atoms with Crippen molar-refractivity contribution >= 4 is 34.6 Å². The van der Waals surface area contributed by atoms with Gasteiger partial charge in [-0.3, -0.25) is 14.9 Å². The Hall–Kier alpha value is -2.64. The average molecular weight is 376 g/mol. The largest absolute Gasteiger partial charge is 0.378 e. The molecule has 1 aliphatic rings. The quantitative estimate of drug-likeness (QED) is 0.651. The molecule has 1 amide bonds. The molecule has 0 aliphatic carbocycles. The molecule has 2 aromatic rings. The van der Waals surface area contributed by atoms with E-state index < -0.39 is 10.8 Å². The van der Waals surface area contributed by atoms with Gasteiger partial charge >= 0.3 is 0 Å². The summed E-state index contributed by atoms with van der Waals surface area (Å²) in [6.07, 6.45) is 0. The molecule has 2 aromatic carbocycles. The lowest BCUT2D eigenvalue weighted by atomic mass is 10.1. The number of nitro benzene ring substituents is 1. The van der Waals surface area contributed by atoms with Gasteiger partial charge in [-0.15, -0.1) is 0 Å². The van der Waals surface area contributed by atoms with E-state index in [9.17, 15) is 14.9 Å². The van der Waals surface area contributed by atoms with Gasteiger partial charge in [-0.2, -0.15) is 0 Å². The summed E-state index contributed by atoms with van der Waals surface area (Å²) in [6.45, 7) is 4.20. The molecule has 1 saturated heterocycles. The van der Waals surface area contributed by atoms with E-state index in [-0.39, 0.29) is 11.3 Å². The van der Waals surface area contributed by atoms with Crippen molar-refractivity contribution in [2.45, 2.75) is 6.92 Å². The van der Waals surface area contributed by atoms with Crippen LogP contribution >= 0.6 is 11.6 Å². The molecule has 1 N–H and O–H groups in total. The zero-order chi connectivity index (χ0) is 18.7. The molecule has 0 saturated carbocycles. The number of hydrogen-bond donors (Lipinski definition) is 1. The van der Waals surface area contributed by atoms with Gasteiger partial charge in [0.15, 0.2) is 0 Å². The maximum Gasteiger partial charge on any atom is 0.270 e. The molecule has 1 fully saturated rings. The molecule has 0 unspecified atom stereocenters. The summed E-state index contributed by atoms with van der Waals surface area (Å²) in [4.78, 5) is 25.4. The number of aryl methyl sites for hydroxylation is 1. The lowest BCUT2D eigenvalue weighted by Gasteiger charge is -2.30. The van der Waals surface area contributed by atoms with Crippen LogP contribution in [0, 0.1) is 17.0 Å². The number of benzene rings is 2. The molecule has 7 nitrogen and oxygen atoms in total. The Labute approximate surface area is 155 Å². The zero-order valence-electron chi connectivity index (χ0n) is 14.2. The van der Waals surface area contributed by atoms with Gasteiger partial charge in [0, 0.05) is 35.9 Å². The van der Waals surface area contributed by atoms with Crippen LogP contribution in [0.1, 0.15) is 15.9 Å². The third-order valence-electron chi connectivity index (χ3n) is 4.22. The molecule has 0 aromatic heterocycles. The van der Waals surface area contributed by atoms with Crippen molar-refractivity contribution in [1.29, 1.82) is 0 Å². The van der Waals surface area contributed by atoms with E-state index in [0.717, 1.165) is 5.56 Å². The maximum absolute atomic E-state index is 12.8. The van der Waals surface area contributed by atoms with Crippen molar-refractivity contribution in [3.05, 3.63) is 62.7 Å². The van der Waals surface area contributed by atoms with E-state index in [2.05, 4.69) is 5.32 Å². The predicted molar refractivity (Wildman–Crippen MR) is 100 cm³/mol. The first-order chi connectivity index (χ1) is 12.5. The number of nitrogens with one attached hydrogen (secondary N) is 1. The highest BCUT2D eigenvalue weighted by atomic mass is 35.5. The Morgan fingerprint density at radius 3 is 2.62 bits per heavy atom. The molecule has 1 heterocycles. The Morgan fingerprint density at radius 1 is 1.23 bits per heavy atom. The van der Waals surface area contributed by atoms with Crippen LogP contribution < -0.4 is 10.2 Å². The van der Waals surface area contributed by atoms with Gasteiger partial charge in [0.05, 0.1) is 29.4 Å². The lowest BCUT2D eigenvalue weighted by Crippen LogP contribution is -2.37. The first-order valence-electron chi connectivity index (χ1n) is 8.14. The molecule has 0 spiro atoms. The smallest absolute Gasteiger partial charge is 0.270 e. The Kier molecular flexibility index (Phi) is 5.39. The molecule has 26 heavy (non-hydrogen) atoms. The summed E-state index contributed by atoms with van der Waals surface area (Å²) in [6, 6.07) is 9.51. The van der Waals surface area contributed by atoms with Crippen molar-refractivity contribution in [2.24, 2.45) is 0 Å². The highest BCUT2D eigenvalue weighted by molar-refractivity contribution is 6.31. The summed E-state index contributed by atoms with van der Waals surface area (Å²) in [5.41, 5.74) is 2.19. The number of nitrogens with zero attached hydrogens (tertiary/aromatic N) is 2. The predicted octanol–water partition coefficient (Wildman–Crippen LogP) is 3.65. The molecular weight excluding hydrogens is 358 g/mol. The van der Waals surface area contributed by atoms with E-state index >= 15 is 0 Å². The van der Waals surface area contributed by atoms with E-state index in [1.807, 2.05) is 11.8 Å². The molecule has 136 valence electrons. The monoisotopic (exact) mass is 375 g/mol. The van der Waals surface area contributed by atoms with Gasteiger partial charge in [-0.25, -0.2) is 0 Å². The third kappa shape index (κ3) is 3.95. The fourth-order valence-electron chi connectivity index (χ4n) is 2.77. The standard InChI is InChI=1S/C18H18ClN3O4/c1-12-2-3-13(10-16(12)19)20-18(23)15-11-14(22(24)25)4-5-17(15)21-6-8-26-9-7-21/h2-5,10-11H,6-9H2,1H3,(H,20,23). The second-order valence-corrected chi connectivity index (χ2v) is 6.38. The number of ether oxygens (including phenoxy) is 1. The maximum atomic E-state index is 12.8. The van der Waals surface area contributed by atoms with Crippen LogP contribution in [0.5, 0.6) is 0 Å². The summed E-state index contributed by atoms with van der Waals surface area (Å²) in [7, 11) is 0. The van der Waals surface area contributed by atoms with Crippen molar-refractivity contribution in [1.82, 2.24) is 0 Å². The van der Waals surface area contributed by atoms with E-state index in [1.54, 1.807) is 24.3 Å². The van der Waals surface area contributed by atoms with Crippen molar-refractivity contribution < 1.29 is 14.5 Å². The fourth-order valence-corrected chi connectivity index (χ4v) is 2.95. The number of anilines is 2. The second kappa shape index (κ2) is 7.72. The minimum absolute atomic E-state index is 0.130. The Morgan fingerprint density at radius 2 is 1.96 bits per heavy atom. The van der Waals surface area contributed by atoms with Crippen LogP contribution in [-0.2, 0) is 4.74 Å². The van der Waals surface area contributed by atoms with Crippen LogP contribution in [0.3, 0.4) is 0 Å². The average Bonchev–Trinajstić information content (AvgIpc) is 2.65. The molecule has 0 radical (unpaired) electrons. The fraction of sp³-hybridized carbons (Fsp3) is 0.278. The van der Waals surface area contributed by atoms with Crippen LogP contribution in [0.25, 0.3) is 0 Å². The molecule has 8 heteroatoms. The van der Waals surface area contributed by atoms with Gasteiger partial charge < -0.3 is 15.0 Å². The number of non-ortho nitro benzene ring substituents is 1. The Bertz CT molecular complexity index is 850. The topological polar surface area (TPSA) is 84.7 Å². The van der Waals surface area contributed by atoms with Gasteiger partial charge in [0.1, 0.15) is 0 Å². The third-order valence-corrected chi connectivity index (χ3v) is 4.62. The highest BCUT2D eigenvalue weighted by Crippen LogP contribution is 2.28. The number of carbonyl (C=O) groups is 1. The highest BCUT2D eigenvalue weighted by Gasteiger charge is 2.22. The summed E-state index contributed by atoms with van der Waals surface area (Å²) < 4.78 is 5.34. The van der Waals surface area contributed by atoms with Crippen LogP contribution in [0.2, 0.25) is 5.02 Å². The molecule has 3 rings (SSSR count). The first kappa shape index (κ1) is 18.2. The summed E-state index contributed by atoms with van der Waals surface area (Å²) >= 11 is 6.10. The number of carbonyl (C=O) groups excluding carboxylic acids is 1. The number of hydrogen-bond acceptors (Lipinski definition) is 5. The van der Waals surface area contributed by atoms with E-state index in [4.69, 9.17) is 16.3 Å². The number of halogens is 1. The molecule has 0 atom stereocenters. The Balaban J connectivity index is 1.94. The minimum Gasteiger partial charge on any atom is -0.378 e. The molecule has 1 aliphatic heterocycles.